The minimum Gasteiger partial charge on any atom is -0.480 e. The number of carboxylic acids is 1. The standard InChI is InChI=1S/C42H82NO9P/c1-3-5-7-9-11-13-15-17-19-20-21-22-24-26-28-30-32-34-41(44)52-39(37-50-53(47,48)51-38-40(43)42(45)46)36-49-35-33-31-29-27-25-23-18-16-14-12-10-8-6-4-2/h14,16,39-40H,3-13,15,17-38,43H2,1-2H3,(H,45,46)(H,47,48)/b16-14-. The molecule has 0 aliphatic heterocycles. The van der Waals surface area contributed by atoms with Gasteiger partial charge in [0.05, 0.1) is 19.8 Å². The van der Waals surface area contributed by atoms with E-state index in [-0.39, 0.29) is 13.0 Å². The van der Waals surface area contributed by atoms with Gasteiger partial charge in [-0.25, -0.2) is 4.57 Å². The summed E-state index contributed by atoms with van der Waals surface area (Å²) in [6.07, 6.45) is 39.7. The highest BCUT2D eigenvalue weighted by molar-refractivity contribution is 7.47. The van der Waals surface area contributed by atoms with Crippen molar-refractivity contribution in [3.8, 4) is 0 Å². The molecule has 0 aromatic rings. The number of nitrogens with two attached hydrogens (primary N) is 1. The smallest absolute Gasteiger partial charge is 0.472 e. The molecule has 11 heteroatoms. The number of esters is 1. The van der Waals surface area contributed by atoms with E-state index in [2.05, 4.69) is 26.0 Å². The van der Waals surface area contributed by atoms with Crippen LogP contribution in [0.25, 0.3) is 0 Å². The van der Waals surface area contributed by atoms with Crippen LogP contribution in [0, 0.1) is 0 Å². The molecule has 0 aromatic heterocycles. The zero-order valence-corrected chi connectivity index (χ0v) is 35.0. The van der Waals surface area contributed by atoms with Gasteiger partial charge in [0.1, 0.15) is 12.1 Å². The summed E-state index contributed by atoms with van der Waals surface area (Å²) < 4.78 is 33.3. The van der Waals surface area contributed by atoms with Crippen molar-refractivity contribution in [2.45, 2.75) is 219 Å². The lowest BCUT2D eigenvalue weighted by Gasteiger charge is -2.20. The number of unbranched alkanes of at least 4 members (excludes halogenated alkanes) is 26. The van der Waals surface area contributed by atoms with Gasteiger partial charge in [-0.15, -0.1) is 0 Å². The van der Waals surface area contributed by atoms with Crippen molar-refractivity contribution in [1.82, 2.24) is 0 Å². The maximum absolute atomic E-state index is 12.6. The molecule has 0 amide bonds. The fraction of sp³-hybridized carbons (Fsp3) is 0.905. The summed E-state index contributed by atoms with van der Waals surface area (Å²) >= 11 is 0. The normalized spacial score (nSPS) is 14.0. The van der Waals surface area contributed by atoms with Gasteiger partial charge in [-0.1, -0.05) is 174 Å². The molecule has 0 saturated carbocycles. The number of ether oxygens (including phenoxy) is 2. The Morgan fingerprint density at radius 1 is 0.585 bits per heavy atom. The van der Waals surface area contributed by atoms with Crippen LogP contribution in [0.15, 0.2) is 12.2 Å². The van der Waals surface area contributed by atoms with Gasteiger partial charge < -0.3 is 25.2 Å². The highest BCUT2D eigenvalue weighted by atomic mass is 31.2. The number of carboxylic acid groups (broad SMARTS) is 1. The highest BCUT2D eigenvalue weighted by Gasteiger charge is 2.27. The van der Waals surface area contributed by atoms with E-state index in [0.29, 0.717) is 6.61 Å². The van der Waals surface area contributed by atoms with Crippen LogP contribution in [0.5, 0.6) is 0 Å². The fourth-order valence-electron chi connectivity index (χ4n) is 6.13. The van der Waals surface area contributed by atoms with Crippen molar-refractivity contribution in [2.24, 2.45) is 5.73 Å². The Balaban J connectivity index is 4.21. The predicted molar refractivity (Wildman–Crippen MR) is 217 cm³/mol. The van der Waals surface area contributed by atoms with E-state index in [9.17, 15) is 19.0 Å². The molecule has 3 unspecified atom stereocenters. The third-order valence-corrected chi connectivity index (χ3v) is 10.5. The Morgan fingerprint density at radius 3 is 1.45 bits per heavy atom. The lowest BCUT2D eigenvalue weighted by molar-refractivity contribution is -0.154. The first-order valence-electron chi connectivity index (χ1n) is 21.7. The van der Waals surface area contributed by atoms with Gasteiger partial charge in [0.25, 0.3) is 0 Å². The Hall–Kier alpha value is -1.29. The van der Waals surface area contributed by atoms with Gasteiger partial charge in [-0.2, -0.15) is 0 Å². The van der Waals surface area contributed by atoms with Crippen LogP contribution >= 0.6 is 7.82 Å². The lowest BCUT2D eigenvalue weighted by Crippen LogP contribution is -2.34. The first kappa shape index (κ1) is 51.7. The molecule has 0 fully saturated rings. The predicted octanol–water partition coefficient (Wildman–Crippen LogP) is 11.8. The third-order valence-electron chi connectivity index (χ3n) is 9.54. The molecule has 53 heavy (non-hydrogen) atoms. The maximum atomic E-state index is 12.6. The van der Waals surface area contributed by atoms with Crippen LogP contribution in [0.2, 0.25) is 0 Å². The van der Waals surface area contributed by atoms with Crippen molar-refractivity contribution in [3.63, 3.8) is 0 Å². The fourth-order valence-corrected chi connectivity index (χ4v) is 6.91. The Kier molecular flexibility index (Phi) is 38.0. The molecular weight excluding hydrogens is 693 g/mol. The minimum atomic E-state index is -4.61. The van der Waals surface area contributed by atoms with Crippen molar-refractivity contribution in [1.29, 1.82) is 0 Å². The second kappa shape index (κ2) is 39.0. The molecule has 3 atom stereocenters. The van der Waals surface area contributed by atoms with Crippen LogP contribution in [-0.4, -0.2) is 60.5 Å². The largest absolute Gasteiger partial charge is 0.480 e. The van der Waals surface area contributed by atoms with Gasteiger partial charge >= 0.3 is 19.8 Å². The van der Waals surface area contributed by atoms with Crippen LogP contribution in [0.3, 0.4) is 0 Å². The van der Waals surface area contributed by atoms with E-state index >= 15 is 0 Å². The summed E-state index contributed by atoms with van der Waals surface area (Å²) in [5.41, 5.74) is 5.35. The monoisotopic (exact) mass is 776 g/mol. The zero-order chi connectivity index (χ0) is 39.1. The zero-order valence-electron chi connectivity index (χ0n) is 34.1. The number of phosphoric ester groups is 1. The number of allylic oxidation sites excluding steroid dienone is 2. The summed E-state index contributed by atoms with van der Waals surface area (Å²) in [5.74, 6) is -1.77. The Labute approximate surface area is 324 Å². The van der Waals surface area contributed by atoms with E-state index < -0.39 is 45.1 Å². The summed E-state index contributed by atoms with van der Waals surface area (Å²) in [4.78, 5) is 33.5. The quantitative estimate of drug-likeness (QED) is 0.0236. The molecule has 4 N–H and O–H groups in total. The third kappa shape index (κ3) is 38.8. The first-order chi connectivity index (χ1) is 25.7. The number of rotatable bonds is 42. The van der Waals surface area contributed by atoms with Crippen molar-refractivity contribution >= 4 is 19.8 Å². The van der Waals surface area contributed by atoms with Gasteiger partial charge in [-0.3, -0.25) is 18.6 Å². The van der Waals surface area contributed by atoms with Gasteiger partial charge in [0.2, 0.25) is 0 Å². The molecule has 10 nitrogen and oxygen atoms in total. The molecule has 0 aromatic carbocycles. The van der Waals surface area contributed by atoms with Gasteiger partial charge in [0, 0.05) is 13.0 Å². The summed E-state index contributed by atoms with van der Waals surface area (Å²) in [7, 11) is -4.61. The second-order valence-electron chi connectivity index (χ2n) is 14.8. The first-order valence-corrected chi connectivity index (χ1v) is 23.2. The van der Waals surface area contributed by atoms with Crippen molar-refractivity contribution in [2.75, 3.05) is 26.4 Å². The number of phosphoric acid groups is 1. The van der Waals surface area contributed by atoms with E-state index in [4.69, 9.17) is 29.4 Å². The average Bonchev–Trinajstić information content (AvgIpc) is 3.13. The van der Waals surface area contributed by atoms with Crippen LogP contribution in [0.4, 0.5) is 0 Å². The van der Waals surface area contributed by atoms with Gasteiger partial charge in [-0.05, 0) is 38.5 Å². The van der Waals surface area contributed by atoms with E-state index in [1.165, 1.54) is 141 Å². The molecule has 0 saturated heterocycles. The average molecular weight is 776 g/mol. The van der Waals surface area contributed by atoms with Crippen molar-refractivity contribution < 1.29 is 42.7 Å². The van der Waals surface area contributed by atoms with Crippen LogP contribution < -0.4 is 5.73 Å². The van der Waals surface area contributed by atoms with Crippen LogP contribution in [0.1, 0.15) is 206 Å². The highest BCUT2D eigenvalue weighted by Crippen LogP contribution is 2.43. The lowest BCUT2D eigenvalue weighted by atomic mass is 10.0. The molecule has 0 aliphatic rings. The summed E-state index contributed by atoms with van der Waals surface area (Å²) in [5, 5.41) is 8.89. The molecular formula is C42H82NO9P. The number of hydrogen-bond donors (Lipinski definition) is 3. The number of hydrogen-bond acceptors (Lipinski definition) is 8. The molecule has 0 radical (unpaired) electrons. The number of aliphatic carboxylic acids is 1. The van der Waals surface area contributed by atoms with E-state index in [1.807, 2.05) is 0 Å². The second-order valence-corrected chi connectivity index (χ2v) is 16.3. The SMILES string of the molecule is CCCCCC/C=C\CCCCCCCCOCC(COP(=O)(O)OCC(N)C(=O)O)OC(=O)CCCCCCCCCCCCCCCCCCC. The molecule has 0 aliphatic carbocycles. The molecule has 0 heterocycles. The van der Waals surface area contributed by atoms with E-state index in [1.54, 1.807) is 0 Å². The van der Waals surface area contributed by atoms with Crippen LogP contribution in [-0.2, 0) is 32.7 Å². The Bertz CT molecular complexity index is 904. The van der Waals surface area contributed by atoms with Gasteiger partial charge in [0.15, 0.2) is 0 Å². The topological polar surface area (TPSA) is 155 Å². The molecule has 0 rings (SSSR count). The molecule has 0 spiro atoms. The summed E-state index contributed by atoms with van der Waals surface area (Å²) in [6, 6.07) is -1.47. The number of carbonyl (C=O) groups excluding carboxylic acids is 1. The van der Waals surface area contributed by atoms with Crippen molar-refractivity contribution in [3.05, 3.63) is 12.2 Å². The molecule has 314 valence electrons. The number of carbonyl (C=O) groups is 2. The maximum Gasteiger partial charge on any atom is 0.472 e. The summed E-state index contributed by atoms with van der Waals surface area (Å²) in [6.45, 7) is 3.88. The van der Waals surface area contributed by atoms with E-state index in [0.717, 1.165) is 44.9 Å². The minimum absolute atomic E-state index is 0.0181. The molecule has 0 bridgehead atoms. The Morgan fingerprint density at radius 2 is 0.981 bits per heavy atom.